The van der Waals surface area contributed by atoms with Gasteiger partial charge >= 0.3 is 12.0 Å². The third kappa shape index (κ3) is 5.83. The largest absolute Gasteiger partial charge is 0.452 e. The normalized spacial score (nSPS) is 15.3. The van der Waals surface area contributed by atoms with Crippen molar-refractivity contribution in [2.45, 2.75) is 36.8 Å². The number of ether oxygens (including phenoxy) is 1. The predicted molar refractivity (Wildman–Crippen MR) is 83.6 cm³/mol. The first kappa shape index (κ1) is 18.9. The van der Waals surface area contributed by atoms with E-state index < -0.39 is 40.6 Å². The van der Waals surface area contributed by atoms with Gasteiger partial charge in [-0.2, -0.15) is 9.82 Å². The van der Waals surface area contributed by atoms with Crippen LogP contribution in [-0.2, 0) is 31.4 Å². The zero-order valence-corrected chi connectivity index (χ0v) is 14.5. The number of esters is 1. The molecule has 1 heterocycles. The van der Waals surface area contributed by atoms with E-state index in [4.69, 9.17) is 4.74 Å². The second-order valence-electron chi connectivity index (χ2n) is 5.54. The smallest absolute Gasteiger partial charge is 0.321 e. The van der Waals surface area contributed by atoms with Gasteiger partial charge in [0.15, 0.2) is 6.10 Å². The molecule has 12 heteroatoms. The molecule has 11 nitrogen and oxygen atoms in total. The number of carbonyl (C=O) groups excluding carboxylic acids is 3. The molecule has 0 radical (unpaired) electrons. The van der Waals surface area contributed by atoms with Crippen molar-refractivity contribution in [2.75, 3.05) is 6.54 Å². The predicted octanol–water partition coefficient (Wildman–Crippen LogP) is -1.38. The molecule has 1 aromatic rings. The van der Waals surface area contributed by atoms with Crippen molar-refractivity contribution in [1.82, 2.24) is 25.1 Å². The summed E-state index contributed by atoms with van der Waals surface area (Å²) in [5.41, 5.74) is 0. The van der Waals surface area contributed by atoms with Crippen molar-refractivity contribution >= 4 is 27.9 Å². The van der Waals surface area contributed by atoms with Gasteiger partial charge in [0, 0.05) is 19.3 Å². The maximum absolute atomic E-state index is 11.9. The maximum atomic E-state index is 11.9. The van der Waals surface area contributed by atoms with Gasteiger partial charge in [0.05, 0.1) is 6.20 Å². The van der Waals surface area contributed by atoms with Crippen molar-refractivity contribution in [3.63, 3.8) is 0 Å². The summed E-state index contributed by atoms with van der Waals surface area (Å²) in [6, 6.07) is -0.583. The average molecular weight is 373 g/mol. The molecule has 0 aliphatic heterocycles. The molecule has 0 bridgehead atoms. The minimum absolute atomic E-state index is 0.0764. The summed E-state index contributed by atoms with van der Waals surface area (Å²) < 4.78 is 32.0. The lowest BCUT2D eigenvalue weighted by atomic mass is 10.4. The van der Waals surface area contributed by atoms with E-state index >= 15 is 0 Å². The van der Waals surface area contributed by atoms with Crippen LogP contribution in [0.5, 0.6) is 0 Å². The molecule has 1 saturated carbocycles. The van der Waals surface area contributed by atoms with Crippen molar-refractivity contribution in [3.8, 4) is 0 Å². The number of nitrogens with zero attached hydrogens (tertiary/aromatic N) is 2. The Morgan fingerprint density at radius 2 is 2.08 bits per heavy atom. The topological polar surface area (TPSA) is 148 Å². The molecule has 2 rings (SSSR count). The van der Waals surface area contributed by atoms with E-state index in [1.165, 1.54) is 17.8 Å². The van der Waals surface area contributed by atoms with Crippen molar-refractivity contribution < 1.29 is 27.5 Å². The fourth-order valence-electron chi connectivity index (χ4n) is 1.73. The zero-order chi connectivity index (χ0) is 18.6. The van der Waals surface area contributed by atoms with Gasteiger partial charge in [-0.1, -0.05) is 0 Å². The number of amides is 3. The minimum Gasteiger partial charge on any atom is -0.452 e. The molecule has 25 heavy (non-hydrogen) atoms. The van der Waals surface area contributed by atoms with Crippen LogP contribution in [0.15, 0.2) is 17.3 Å². The lowest BCUT2D eigenvalue weighted by molar-refractivity contribution is -0.153. The van der Waals surface area contributed by atoms with Gasteiger partial charge in [0.2, 0.25) is 10.0 Å². The molecule has 1 fully saturated rings. The van der Waals surface area contributed by atoms with Crippen molar-refractivity contribution in [2.24, 2.45) is 7.05 Å². The highest BCUT2D eigenvalue weighted by atomic mass is 32.2. The first-order valence-electron chi connectivity index (χ1n) is 7.46. The Morgan fingerprint density at radius 1 is 1.40 bits per heavy atom. The van der Waals surface area contributed by atoms with Gasteiger partial charge in [-0.3, -0.25) is 19.6 Å². The molecule has 3 N–H and O–H groups in total. The molecule has 0 saturated heterocycles. The fraction of sp³-hybridized carbons (Fsp3) is 0.538. The minimum atomic E-state index is -3.91. The Hall–Kier alpha value is -2.47. The lowest BCUT2D eigenvalue weighted by Crippen LogP contribution is -2.46. The molecule has 3 amide bonds. The summed E-state index contributed by atoms with van der Waals surface area (Å²) >= 11 is 0. The molecule has 0 spiro atoms. The molecule has 1 aliphatic rings. The Bertz CT molecular complexity index is 770. The monoisotopic (exact) mass is 373 g/mol. The SMILES string of the molecule is CC(OC(=O)CNS(=O)(=O)c1cnn(C)c1)C(=O)NC(=O)NC1CC1. The van der Waals surface area contributed by atoms with Gasteiger partial charge in [-0.15, -0.1) is 0 Å². The van der Waals surface area contributed by atoms with Crippen LogP contribution in [0.4, 0.5) is 4.79 Å². The summed E-state index contributed by atoms with van der Waals surface area (Å²) in [5.74, 6) is -1.76. The van der Waals surface area contributed by atoms with Gasteiger partial charge in [0.1, 0.15) is 11.4 Å². The zero-order valence-electron chi connectivity index (χ0n) is 13.7. The number of imide groups is 1. The molecule has 1 atom stereocenters. The number of nitrogens with one attached hydrogen (secondary N) is 3. The highest BCUT2D eigenvalue weighted by Crippen LogP contribution is 2.18. The van der Waals surface area contributed by atoms with E-state index in [9.17, 15) is 22.8 Å². The standard InChI is InChI=1S/C13H19N5O6S/c1-8(12(20)17-13(21)16-9-3-4-9)24-11(19)6-15-25(22,23)10-5-14-18(2)7-10/h5,7-9,15H,3-4,6H2,1-2H3,(H2,16,17,20,21). The van der Waals surface area contributed by atoms with E-state index in [0.717, 1.165) is 19.0 Å². The molecular formula is C13H19N5O6S. The molecule has 1 unspecified atom stereocenters. The molecule has 1 aromatic heterocycles. The second-order valence-corrected chi connectivity index (χ2v) is 7.31. The van der Waals surface area contributed by atoms with Crippen LogP contribution in [0, 0.1) is 0 Å². The number of hydrogen-bond acceptors (Lipinski definition) is 7. The van der Waals surface area contributed by atoms with E-state index in [1.807, 2.05) is 10.0 Å². The Labute approximate surface area is 144 Å². The van der Waals surface area contributed by atoms with E-state index in [1.54, 1.807) is 7.05 Å². The van der Waals surface area contributed by atoms with E-state index in [-0.39, 0.29) is 10.9 Å². The van der Waals surface area contributed by atoms with Crippen LogP contribution in [0.25, 0.3) is 0 Å². The Balaban J connectivity index is 1.76. The van der Waals surface area contributed by atoms with Crippen LogP contribution in [-0.4, -0.2) is 54.8 Å². The second kappa shape index (κ2) is 7.61. The number of aryl methyl sites for hydroxylation is 1. The number of carbonyl (C=O) groups is 3. The molecule has 1 aliphatic carbocycles. The Kier molecular flexibility index (Phi) is 5.74. The summed E-state index contributed by atoms with van der Waals surface area (Å²) in [7, 11) is -2.37. The summed E-state index contributed by atoms with van der Waals surface area (Å²) in [6.07, 6.45) is 2.87. The van der Waals surface area contributed by atoms with E-state index in [0.29, 0.717) is 0 Å². The number of sulfonamides is 1. The Morgan fingerprint density at radius 3 is 2.64 bits per heavy atom. The summed E-state index contributed by atoms with van der Waals surface area (Å²) in [4.78, 5) is 34.7. The van der Waals surface area contributed by atoms with Gasteiger partial charge in [-0.05, 0) is 19.8 Å². The maximum Gasteiger partial charge on any atom is 0.321 e. The van der Waals surface area contributed by atoms with Crippen LogP contribution in [0.1, 0.15) is 19.8 Å². The van der Waals surface area contributed by atoms with Crippen molar-refractivity contribution in [3.05, 3.63) is 12.4 Å². The molecule has 138 valence electrons. The van der Waals surface area contributed by atoms with Gasteiger partial charge < -0.3 is 10.1 Å². The van der Waals surface area contributed by atoms with Gasteiger partial charge in [-0.25, -0.2) is 13.2 Å². The van der Waals surface area contributed by atoms with Crippen molar-refractivity contribution in [1.29, 1.82) is 0 Å². The molecular weight excluding hydrogens is 354 g/mol. The van der Waals surface area contributed by atoms with E-state index in [2.05, 4.69) is 10.4 Å². The first-order valence-corrected chi connectivity index (χ1v) is 8.95. The highest BCUT2D eigenvalue weighted by Gasteiger charge is 2.26. The van der Waals surface area contributed by atoms with Crippen LogP contribution >= 0.6 is 0 Å². The fourth-order valence-corrected chi connectivity index (χ4v) is 2.68. The highest BCUT2D eigenvalue weighted by molar-refractivity contribution is 7.89. The summed E-state index contributed by atoms with van der Waals surface area (Å²) in [5, 5.41) is 8.31. The third-order valence-electron chi connectivity index (χ3n) is 3.22. The van der Waals surface area contributed by atoms with Crippen LogP contribution in [0.2, 0.25) is 0 Å². The molecule has 0 aromatic carbocycles. The van der Waals surface area contributed by atoms with Gasteiger partial charge in [0.25, 0.3) is 5.91 Å². The average Bonchev–Trinajstić information content (AvgIpc) is 3.22. The number of urea groups is 1. The quantitative estimate of drug-likeness (QED) is 0.499. The number of aromatic nitrogens is 2. The lowest BCUT2D eigenvalue weighted by Gasteiger charge is -2.13. The third-order valence-corrected chi connectivity index (χ3v) is 4.58. The summed E-state index contributed by atoms with van der Waals surface area (Å²) in [6.45, 7) is 0.608. The van der Waals surface area contributed by atoms with Crippen LogP contribution < -0.4 is 15.4 Å². The van der Waals surface area contributed by atoms with Crippen LogP contribution in [0.3, 0.4) is 0 Å². The number of hydrogen-bond donors (Lipinski definition) is 3. The first-order chi connectivity index (χ1) is 11.7. The number of rotatable bonds is 7.